The van der Waals surface area contributed by atoms with Crippen LogP contribution in [0.15, 0.2) is 17.1 Å². The number of hydrogen-bond donors (Lipinski definition) is 2. The second-order valence-electron chi connectivity index (χ2n) is 7.83. The molecule has 1 aromatic carbocycles. The SMILES string of the molecule is CCNC(=NCCc1c(C)cc(C)cc1C)NC1CCc2nc(COC)nn2C1. The first-order chi connectivity index (χ1) is 14.0. The fourth-order valence-electron chi connectivity index (χ4n) is 4.07. The molecule has 2 aromatic rings. The van der Waals surface area contributed by atoms with Crippen LogP contribution in [0, 0.1) is 20.8 Å². The van der Waals surface area contributed by atoms with Gasteiger partial charge in [-0.05, 0) is 57.2 Å². The maximum Gasteiger partial charge on any atom is 0.191 e. The third-order valence-corrected chi connectivity index (χ3v) is 5.33. The fourth-order valence-corrected chi connectivity index (χ4v) is 4.07. The number of aromatic nitrogens is 3. The summed E-state index contributed by atoms with van der Waals surface area (Å²) in [5.41, 5.74) is 5.44. The van der Waals surface area contributed by atoms with E-state index >= 15 is 0 Å². The monoisotopic (exact) mass is 398 g/mol. The fraction of sp³-hybridized carbons (Fsp3) is 0.591. The Hall–Kier alpha value is -2.41. The number of nitrogens with zero attached hydrogens (tertiary/aromatic N) is 4. The van der Waals surface area contributed by atoms with Gasteiger partial charge in [0.05, 0.1) is 6.54 Å². The van der Waals surface area contributed by atoms with Gasteiger partial charge in [0.25, 0.3) is 0 Å². The molecule has 1 aliphatic heterocycles. The summed E-state index contributed by atoms with van der Waals surface area (Å²) in [4.78, 5) is 9.38. The Bertz CT molecular complexity index is 834. The Morgan fingerprint density at radius 2 is 2.03 bits per heavy atom. The minimum atomic E-state index is 0.292. The van der Waals surface area contributed by atoms with Crippen molar-refractivity contribution in [3.05, 3.63) is 46.0 Å². The lowest BCUT2D eigenvalue weighted by Gasteiger charge is -2.25. The molecule has 2 N–H and O–H groups in total. The van der Waals surface area contributed by atoms with Gasteiger partial charge in [0.2, 0.25) is 0 Å². The molecule has 158 valence electrons. The third kappa shape index (κ3) is 5.56. The highest BCUT2D eigenvalue weighted by molar-refractivity contribution is 5.80. The van der Waals surface area contributed by atoms with Crippen LogP contribution in [-0.2, 0) is 30.7 Å². The summed E-state index contributed by atoms with van der Waals surface area (Å²) in [6, 6.07) is 4.80. The average molecular weight is 399 g/mol. The minimum Gasteiger partial charge on any atom is -0.377 e. The van der Waals surface area contributed by atoms with Gasteiger partial charge >= 0.3 is 0 Å². The Morgan fingerprint density at radius 3 is 2.72 bits per heavy atom. The molecule has 0 saturated heterocycles. The summed E-state index contributed by atoms with van der Waals surface area (Å²) in [5, 5.41) is 11.5. The number of fused-ring (bicyclic) bond motifs is 1. The van der Waals surface area contributed by atoms with Gasteiger partial charge in [0, 0.05) is 32.7 Å². The maximum absolute atomic E-state index is 5.15. The van der Waals surface area contributed by atoms with Crippen molar-refractivity contribution in [2.75, 3.05) is 20.2 Å². The van der Waals surface area contributed by atoms with Crippen molar-refractivity contribution in [1.29, 1.82) is 0 Å². The lowest BCUT2D eigenvalue weighted by atomic mass is 9.97. The van der Waals surface area contributed by atoms with Crippen LogP contribution in [0.2, 0.25) is 0 Å². The molecule has 1 aliphatic rings. The van der Waals surface area contributed by atoms with Gasteiger partial charge < -0.3 is 15.4 Å². The molecule has 1 aromatic heterocycles. The Labute approximate surface area is 174 Å². The molecule has 1 atom stereocenters. The average Bonchev–Trinajstić information content (AvgIpc) is 3.06. The highest BCUT2D eigenvalue weighted by Crippen LogP contribution is 2.17. The lowest BCUT2D eigenvalue weighted by Crippen LogP contribution is -2.47. The van der Waals surface area contributed by atoms with Gasteiger partial charge in [0.15, 0.2) is 11.8 Å². The molecule has 2 heterocycles. The zero-order valence-electron chi connectivity index (χ0n) is 18.4. The van der Waals surface area contributed by atoms with E-state index in [0.29, 0.717) is 12.6 Å². The van der Waals surface area contributed by atoms with Crippen LogP contribution in [0.3, 0.4) is 0 Å². The van der Waals surface area contributed by atoms with E-state index in [9.17, 15) is 0 Å². The molecular formula is C22H34N6O. The number of aryl methyl sites for hydroxylation is 4. The third-order valence-electron chi connectivity index (χ3n) is 5.33. The second-order valence-corrected chi connectivity index (χ2v) is 7.83. The number of methoxy groups -OCH3 is 1. The van der Waals surface area contributed by atoms with Crippen molar-refractivity contribution >= 4 is 5.96 Å². The molecular weight excluding hydrogens is 364 g/mol. The number of ether oxygens (including phenoxy) is 1. The first-order valence-corrected chi connectivity index (χ1v) is 10.5. The van der Waals surface area contributed by atoms with Crippen molar-refractivity contribution in [2.24, 2.45) is 4.99 Å². The van der Waals surface area contributed by atoms with Gasteiger partial charge in [-0.3, -0.25) is 4.99 Å². The largest absolute Gasteiger partial charge is 0.377 e. The van der Waals surface area contributed by atoms with Crippen molar-refractivity contribution < 1.29 is 4.74 Å². The highest BCUT2D eigenvalue weighted by Gasteiger charge is 2.22. The van der Waals surface area contributed by atoms with E-state index in [1.807, 2.05) is 4.68 Å². The van der Waals surface area contributed by atoms with Crippen LogP contribution in [0.25, 0.3) is 0 Å². The van der Waals surface area contributed by atoms with E-state index in [2.05, 4.69) is 60.5 Å². The number of nitrogens with one attached hydrogen (secondary N) is 2. The van der Waals surface area contributed by atoms with Crippen molar-refractivity contribution in [3.63, 3.8) is 0 Å². The molecule has 29 heavy (non-hydrogen) atoms. The summed E-state index contributed by atoms with van der Waals surface area (Å²) < 4.78 is 7.15. The highest BCUT2D eigenvalue weighted by atomic mass is 16.5. The number of guanidine groups is 1. The summed E-state index contributed by atoms with van der Waals surface area (Å²) in [6.45, 7) is 11.5. The maximum atomic E-state index is 5.15. The summed E-state index contributed by atoms with van der Waals surface area (Å²) in [5.74, 6) is 2.68. The number of aliphatic imine (C=N–C) groups is 1. The van der Waals surface area contributed by atoms with E-state index in [1.54, 1.807) is 7.11 Å². The molecule has 7 nitrogen and oxygen atoms in total. The van der Waals surface area contributed by atoms with Crippen LogP contribution in [0.4, 0.5) is 0 Å². The predicted octanol–water partition coefficient (Wildman–Crippen LogP) is 2.46. The quantitative estimate of drug-likeness (QED) is 0.553. The smallest absolute Gasteiger partial charge is 0.191 e. The van der Waals surface area contributed by atoms with Gasteiger partial charge in [-0.1, -0.05) is 17.7 Å². The van der Waals surface area contributed by atoms with Gasteiger partial charge in [0.1, 0.15) is 12.4 Å². The van der Waals surface area contributed by atoms with E-state index in [1.165, 1.54) is 22.3 Å². The molecule has 0 radical (unpaired) electrons. The molecule has 0 fully saturated rings. The Kier molecular flexibility index (Phi) is 7.25. The van der Waals surface area contributed by atoms with Crippen LogP contribution < -0.4 is 10.6 Å². The topological polar surface area (TPSA) is 76.4 Å². The van der Waals surface area contributed by atoms with Crippen LogP contribution in [-0.4, -0.2) is 47.0 Å². The normalized spacial score (nSPS) is 16.6. The minimum absolute atomic E-state index is 0.292. The van der Waals surface area contributed by atoms with Crippen molar-refractivity contribution in [1.82, 2.24) is 25.4 Å². The molecule has 3 rings (SSSR count). The Balaban J connectivity index is 1.61. The van der Waals surface area contributed by atoms with E-state index < -0.39 is 0 Å². The molecule has 0 bridgehead atoms. The van der Waals surface area contributed by atoms with Crippen LogP contribution in [0.1, 0.15) is 47.2 Å². The van der Waals surface area contributed by atoms with Gasteiger partial charge in [-0.2, -0.15) is 5.10 Å². The number of rotatable bonds is 7. The van der Waals surface area contributed by atoms with Gasteiger partial charge in [-0.15, -0.1) is 0 Å². The van der Waals surface area contributed by atoms with Crippen LogP contribution >= 0.6 is 0 Å². The Morgan fingerprint density at radius 1 is 1.28 bits per heavy atom. The molecule has 0 saturated carbocycles. The molecule has 0 aliphatic carbocycles. The van der Waals surface area contributed by atoms with Gasteiger partial charge in [-0.25, -0.2) is 9.67 Å². The number of hydrogen-bond acceptors (Lipinski definition) is 4. The zero-order valence-corrected chi connectivity index (χ0v) is 18.4. The lowest BCUT2D eigenvalue weighted by molar-refractivity contribution is 0.177. The van der Waals surface area contributed by atoms with Crippen LogP contribution in [0.5, 0.6) is 0 Å². The van der Waals surface area contributed by atoms with E-state index in [0.717, 1.165) is 56.5 Å². The molecule has 0 spiro atoms. The summed E-state index contributed by atoms with van der Waals surface area (Å²) in [7, 11) is 1.67. The summed E-state index contributed by atoms with van der Waals surface area (Å²) >= 11 is 0. The second kappa shape index (κ2) is 9.87. The van der Waals surface area contributed by atoms with Crippen molar-refractivity contribution in [3.8, 4) is 0 Å². The summed E-state index contributed by atoms with van der Waals surface area (Å²) in [6.07, 6.45) is 2.88. The molecule has 0 amide bonds. The first-order valence-electron chi connectivity index (χ1n) is 10.5. The van der Waals surface area contributed by atoms with E-state index in [-0.39, 0.29) is 0 Å². The molecule has 7 heteroatoms. The first kappa shape index (κ1) is 21.3. The van der Waals surface area contributed by atoms with Crippen molar-refractivity contribution in [2.45, 2.75) is 66.2 Å². The van der Waals surface area contributed by atoms with E-state index in [4.69, 9.17) is 9.73 Å². The number of benzene rings is 1. The molecule has 1 unspecified atom stereocenters. The zero-order chi connectivity index (χ0) is 20.8. The predicted molar refractivity (Wildman–Crippen MR) is 116 cm³/mol. The standard InChI is InChI=1S/C22H34N6O/c1-6-23-22(24-10-9-19-16(3)11-15(2)12-17(19)4)25-18-7-8-21-26-20(14-29-5)27-28(21)13-18/h11-12,18H,6-10,13-14H2,1-5H3,(H2,23,24,25).